The fraction of sp³-hybridized carbons (Fsp3) is 0.909. The van der Waals surface area contributed by atoms with E-state index in [0.29, 0.717) is 6.42 Å². The van der Waals surface area contributed by atoms with Gasteiger partial charge in [-0.15, -0.1) is 0 Å². The van der Waals surface area contributed by atoms with Gasteiger partial charge in [-0.05, 0) is 25.7 Å². The number of carbonyl (C=O) groups is 1. The van der Waals surface area contributed by atoms with E-state index in [9.17, 15) is 4.79 Å². The lowest BCUT2D eigenvalue weighted by atomic mass is 9.71. The van der Waals surface area contributed by atoms with Crippen LogP contribution in [-0.4, -0.2) is 11.4 Å². The number of amides is 1. The van der Waals surface area contributed by atoms with Crippen molar-refractivity contribution in [2.24, 2.45) is 22.8 Å². The van der Waals surface area contributed by atoms with Crippen molar-refractivity contribution in [3.05, 3.63) is 0 Å². The fourth-order valence-electron chi connectivity index (χ4n) is 1.53. The molecule has 0 aromatic carbocycles. The highest BCUT2D eigenvalue weighted by Crippen LogP contribution is 2.35. The summed E-state index contributed by atoms with van der Waals surface area (Å²) in [7, 11) is 0. The summed E-state index contributed by atoms with van der Waals surface area (Å²) in [6.45, 7) is 10.0. The standard InChI is InChI=1S/C11H24N2O/c1-6-10(2,3)8(9(12)14)7-11(4,5)13/h8H,6-7,13H2,1-5H3,(H2,12,14). The minimum absolute atomic E-state index is 0.0670. The molecule has 0 spiro atoms. The molecule has 0 radical (unpaired) electrons. The van der Waals surface area contributed by atoms with E-state index < -0.39 is 0 Å². The van der Waals surface area contributed by atoms with E-state index in [1.807, 2.05) is 13.8 Å². The Labute approximate surface area is 87.2 Å². The van der Waals surface area contributed by atoms with Gasteiger partial charge in [0.1, 0.15) is 0 Å². The second-order valence-electron chi connectivity index (χ2n) is 5.49. The Bertz CT molecular complexity index is 204. The van der Waals surface area contributed by atoms with Crippen LogP contribution in [-0.2, 0) is 4.79 Å². The molecule has 0 bridgehead atoms. The minimum atomic E-state index is -0.341. The molecule has 3 heteroatoms. The Morgan fingerprint density at radius 1 is 1.29 bits per heavy atom. The highest BCUT2D eigenvalue weighted by Gasteiger charge is 2.35. The molecule has 0 aromatic rings. The van der Waals surface area contributed by atoms with Gasteiger partial charge in [0.2, 0.25) is 5.91 Å². The fourth-order valence-corrected chi connectivity index (χ4v) is 1.53. The summed E-state index contributed by atoms with van der Waals surface area (Å²) >= 11 is 0. The molecule has 0 aliphatic carbocycles. The van der Waals surface area contributed by atoms with E-state index >= 15 is 0 Å². The first-order valence-electron chi connectivity index (χ1n) is 5.18. The zero-order valence-electron chi connectivity index (χ0n) is 10.1. The number of nitrogens with two attached hydrogens (primary N) is 2. The number of rotatable bonds is 5. The smallest absolute Gasteiger partial charge is 0.221 e. The van der Waals surface area contributed by atoms with Crippen LogP contribution in [0, 0.1) is 11.3 Å². The zero-order valence-corrected chi connectivity index (χ0v) is 10.1. The Hall–Kier alpha value is -0.570. The highest BCUT2D eigenvalue weighted by atomic mass is 16.1. The van der Waals surface area contributed by atoms with Gasteiger partial charge < -0.3 is 11.5 Å². The highest BCUT2D eigenvalue weighted by molar-refractivity contribution is 5.77. The Balaban J connectivity index is 4.71. The van der Waals surface area contributed by atoms with Gasteiger partial charge in [0, 0.05) is 11.5 Å². The molecule has 0 saturated carbocycles. The Kier molecular flexibility index (Phi) is 4.13. The van der Waals surface area contributed by atoms with Crippen LogP contribution in [0.1, 0.15) is 47.5 Å². The minimum Gasteiger partial charge on any atom is -0.369 e. The predicted molar refractivity (Wildman–Crippen MR) is 59.6 cm³/mol. The molecule has 84 valence electrons. The van der Waals surface area contributed by atoms with Gasteiger partial charge in [0.25, 0.3) is 0 Å². The van der Waals surface area contributed by atoms with Crippen LogP contribution in [0.4, 0.5) is 0 Å². The summed E-state index contributed by atoms with van der Waals surface area (Å²) in [6.07, 6.45) is 1.57. The van der Waals surface area contributed by atoms with Crippen LogP contribution in [0.15, 0.2) is 0 Å². The molecule has 0 rings (SSSR count). The number of hydrogen-bond donors (Lipinski definition) is 2. The Morgan fingerprint density at radius 3 is 1.93 bits per heavy atom. The lowest BCUT2D eigenvalue weighted by Crippen LogP contribution is -2.44. The maximum absolute atomic E-state index is 11.3. The Morgan fingerprint density at radius 2 is 1.71 bits per heavy atom. The quantitative estimate of drug-likeness (QED) is 0.708. The van der Waals surface area contributed by atoms with E-state index in [0.717, 1.165) is 6.42 Å². The van der Waals surface area contributed by atoms with E-state index in [2.05, 4.69) is 20.8 Å². The van der Waals surface area contributed by atoms with Crippen molar-refractivity contribution in [3.8, 4) is 0 Å². The van der Waals surface area contributed by atoms with Gasteiger partial charge in [0.05, 0.1) is 0 Å². The van der Waals surface area contributed by atoms with Crippen molar-refractivity contribution in [1.29, 1.82) is 0 Å². The molecule has 14 heavy (non-hydrogen) atoms. The van der Waals surface area contributed by atoms with Gasteiger partial charge in [-0.2, -0.15) is 0 Å². The topological polar surface area (TPSA) is 69.1 Å². The average Bonchev–Trinajstić information content (AvgIpc) is 1.98. The first kappa shape index (κ1) is 13.4. The lowest BCUT2D eigenvalue weighted by molar-refractivity contribution is -0.126. The summed E-state index contributed by atoms with van der Waals surface area (Å²) in [6, 6.07) is 0. The van der Waals surface area contributed by atoms with Crippen molar-refractivity contribution in [2.75, 3.05) is 0 Å². The first-order chi connectivity index (χ1) is 6.10. The monoisotopic (exact) mass is 200 g/mol. The van der Waals surface area contributed by atoms with Crippen molar-refractivity contribution >= 4 is 5.91 Å². The zero-order chi connectivity index (χ0) is 11.6. The molecule has 4 N–H and O–H groups in total. The third-order valence-electron chi connectivity index (χ3n) is 2.93. The van der Waals surface area contributed by atoms with Gasteiger partial charge in [-0.3, -0.25) is 4.79 Å². The molecular formula is C11H24N2O. The maximum Gasteiger partial charge on any atom is 0.221 e. The number of carbonyl (C=O) groups excluding carboxylic acids is 1. The number of primary amides is 1. The molecule has 0 fully saturated rings. The van der Waals surface area contributed by atoms with Crippen molar-refractivity contribution in [3.63, 3.8) is 0 Å². The van der Waals surface area contributed by atoms with Gasteiger partial charge >= 0.3 is 0 Å². The van der Waals surface area contributed by atoms with Crippen LogP contribution >= 0.6 is 0 Å². The molecule has 0 aromatic heterocycles. The molecule has 0 aliphatic rings. The molecule has 0 heterocycles. The normalized spacial score (nSPS) is 15.3. The van der Waals surface area contributed by atoms with Crippen LogP contribution < -0.4 is 11.5 Å². The van der Waals surface area contributed by atoms with Crippen molar-refractivity contribution in [1.82, 2.24) is 0 Å². The molecule has 0 aliphatic heterocycles. The van der Waals surface area contributed by atoms with E-state index in [1.165, 1.54) is 0 Å². The number of hydrogen-bond acceptors (Lipinski definition) is 2. The van der Waals surface area contributed by atoms with Gasteiger partial charge in [-0.1, -0.05) is 27.2 Å². The second-order valence-corrected chi connectivity index (χ2v) is 5.49. The molecule has 1 unspecified atom stereocenters. The van der Waals surface area contributed by atoms with E-state index in [4.69, 9.17) is 11.5 Å². The summed E-state index contributed by atoms with van der Waals surface area (Å²) in [5.41, 5.74) is 10.9. The third-order valence-corrected chi connectivity index (χ3v) is 2.93. The molecule has 0 saturated heterocycles. The summed E-state index contributed by atoms with van der Waals surface area (Å²) in [4.78, 5) is 11.3. The largest absolute Gasteiger partial charge is 0.369 e. The van der Waals surface area contributed by atoms with Crippen LogP contribution in [0.25, 0.3) is 0 Å². The molecule has 1 atom stereocenters. The van der Waals surface area contributed by atoms with Gasteiger partial charge in [-0.25, -0.2) is 0 Å². The first-order valence-corrected chi connectivity index (χ1v) is 5.18. The van der Waals surface area contributed by atoms with Crippen molar-refractivity contribution in [2.45, 2.75) is 53.0 Å². The maximum atomic E-state index is 11.3. The van der Waals surface area contributed by atoms with Crippen LogP contribution in [0.5, 0.6) is 0 Å². The summed E-state index contributed by atoms with van der Waals surface area (Å²) in [5, 5.41) is 0. The van der Waals surface area contributed by atoms with Crippen LogP contribution in [0.2, 0.25) is 0 Å². The third kappa shape index (κ3) is 4.09. The lowest BCUT2D eigenvalue weighted by Gasteiger charge is -2.35. The summed E-state index contributed by atoms with van der Waals surface area (Å²) in [5.74, 6) is -0.386. The van der Waals surface area contributed by atoms with Crippen LogP contribution in [0.3, 0.4) is 0 Å². The summed E-state index contributed by atoms with van der Waals surface area (Å²) < 4.78 is 0. The second kappa shape index (κ2) is 4.30. The average molecular weight is 200 g/mol. The molecule has 1 amide bonds. The molecule has 3 nitrogen and oxygen atoms in total. The predicted octanol–water partition coefficient (Wildman–Crippen LogP) is 1.65. The van der Waals surface area contributed by atoms with Crippen molar-refractivity contribution < 1.29 is 4.79 Å². The SMILES string of the molecule is CCC(C)(C)C(CC(C)(C)N)C(N)=O. The molecular weight excluding hydrogens is 176 g/mol. The van der Waals surface area contributed by atoms with E-state index in [1.54, 1.807) is 0 Å². The van der Waals surface area contributed by atoms with E-state index in [-0.39, 0.29) is 22.8 Å². The van der Waals surface area contributed by atoms with Gasteiger partial charge in [0.15, 0.2) is 0 Å².